The van der Waals surface area contributed by atoms with Crippen molar-refractivity contribution < 1.29 is 4.79 Å². The number of carbonyl (C=O) groups is 1. The number of Topliss-reactive ketones (excluding diaryl/α,β-unsaturated/α-hetero) is 1. The van der Waals surface area contributed by atoms with Gasteiger partial charge in [0.25, 0.3) is 0 Å². The first kappa shape index (κ1) is 15.9. The number of allylic oxidation sites excluding steroid dienone is 1. The van der Waals surface area contributed by atoms with Crippen molar-refractivity contribution in [1.82, 2.24) is 0 Å². The van der Waals surface area contributed by atoms with E-state index in [0.717, 1.165) is 30.1 Å². The lowest BCUT2D eigenvalue weighted by Crippen LogP contribution is -2.53. The Hall–Kier alpha value is -0.590. The molecule has 7 atom stereocenters. The van der Waals surface area contributed by atoms with Crippen LogP contribution in [0.4, 0.5) is 0 Å². The normalized spacial score (nSPS) is 52.2. The van der Waals surface area contributed by atoms with E-state index in [1.165, 1.54) is 57.8 Å². The number of fused-ring (bicyclic) bond motifs is 5. The summed E-state index contributed by atoms with van der Waals surface area (Å²) >= 11 is 0. The van der Waals surface area contributed by atoms with Crippen LogP contribution in [0.3, 0.4) is 0 Å². The van der Waals surface area contributed by atoms with E-state index in [1.54, 1.807) is 0 Å². The molecular formula is C22H34O. The molecule has 128 valence electrons. The summed E-state index contributed by atoms with van der Waals surface area (Å²) < 4.78 is 0. The topological polar surface area (TPSA) is 17.1 Å². The van der Waals surface area contributed by atoms with Crippen molar-refractivity contribution in [2.75, 3.05) is 0 Å². The minimum absolute atomic E-state index is 0.144. The Morgan fingerprint density at radius 3 is 2.57 bits per heavy atom. The zero-order chi connectivity index (χ0) is 16.2. The Bertz CT molecular complexity index is 508. The van der Waals surface area contributed by atoms with Gasteiger partial charge in [0.15, 0.2) is 0 Å². The Labute approximate surface area is 142 Å². The van der Waals surface area contributed by atoms with Gasteiger partial charge in [-0.3, -0.25) is 4.79 Å². The molecule has 4 rings (SSSR count). The van der Waals surface area contributed by atoms with Crippen LogP contribution in [-0.4, -0.2) is 5.78 Å². The minimum Gasteiger partial charge on any atom is -0.300 e. The second kappa shape index (κ2) is 5.46. The lowest BCUT2D eigenvalue weighted by molar-refractivity contribution is -0.130. The van der Waals surface area contributed by atoms with E-state index in [4.69, 9.17) is 0 Å². The molecule has 4 fully saturated rings. The van der Waals surface area contributed by atoms with Crippen LogP contribution in [0.2, 0.25) is 0 Å². The molecule has 4 aliphatic rings. The number of ketones is 1. The fourth-order valence-electron chi connectivity index (χ4n) is 8.00. The lowest BCUT2D eigenvalue weighted by Gasteiger charge is -2.60. The molecule has 0 aromatic heterocycles. The minimum atomic E-state index is 0.144. The van der Waals surface area contributed by atoms with E-state index in [9.17, 15) is 4.79 Å². The molecule has 0 saturated heterocycles. The van der Waals surface area contributed by atoms with Crippen LogP contribution >= 0.6 is 0 Å². The predicted octanol–water partition coefficient (Wildman–Crippen LogP) is 5.79. The maximum absolute atomic E-state index is 12.3. The summed E-state index contributed by atoms with van der Waals surface area (Å²) in [5.74, 6) is 4.20. The van der Waals surface area contributed by atoms with Gasteiger partial charge in [0.2, 0.25) is 0 Å². The molecule has 1 unspecified atom stereocenters. The maximum atomic E-state index is 12.3. The molecule has 4 aliphatic carbocycles. The van der Waals surface area contributed by atoms with Gasteiger partial charge in [-0.05, 0) is 87.4 Å². The van der Waals surface area contributed by atoms with Crippen LogP contribution in [0.5, 0.6) is 0 Å². The van der Waals surface area contributed by atoms with Gasteiger partial charge in [0, 0.05) is 11.3 Å². The highest BCUT2D eigenvalue weighted by atomic mass is 16.1. The van der Waals surface area contributed by atoms with E-state index in [-0.39, 0.29) is 11.3 Å². The highest BCUT2D eigenvalue weighted by molar-refractivity contribution is 5.80. The summed E-state index contributed by atoms with van der Waals surface area (Å²) in [6.07, 6.45) is 15.9. The average molecular weight is 315 g/mol. The van der Waals surface area contributed by atoms with Gasteiger partial charge in [0.05, 0.1) is 0 Å². The number of rotatable bonds is 2. The monoisotopic (exact) mass is 314 g/mol. The standard InChI is InChI=1S/C22H34O/c1-4-22-14-12-19-17(20(22)11-10-18(22)15(2)23)9-8-16-7-5-6-13-21(16,19)3/h4,16-20H,1,5-14H2,2-3H3/t16?,17-,18-,19+,20+,21+,22-/m1/s1. The van der Waals surface area contributed by atoms with E-state index >= 15 is 0 Å². The first-order valence-electron chi connectivity index (χ1n) is 10.2. The highest BCUT2D eigenvalue weighted by Gasteiger charge is 2.60. The van der Waals surface area contributed by atoms with Gasteiger partial charge in [-0.1, -0.05) is 25.8 Å². The summed E-state index contributed by atoms with van der Waals surface area (Å²) in [6, 6.07) is 0. The SMILES string of the molecule is C=C[C@]12CC[C@H]3[C@@H](CCC4CCCC[C@@]43C)[C@@H]1CC[C@@H]2C(C)=O. The van der Waals surface area contributed by atoms with Crippen LogP contribution in [0, 0.1) is 40.4 Å². The number of hydrogen-bond acceptors (Lipinski definition) is 1. The number of hydrogen-bond donors (Lipinski definition) is 0. The summed E-state index contributed by atoms with van der Waals surface area (Å²) in [5, 5.41) is 0. The van der Waals surface area contributed by atoms with Gasteiger partial charge < -0.3 is 0 Å². The molecular weight excluding hydrogens is 280 g/mol. The van der Waals surface area contributed by atoms with Gasteiger partial charge in [-0.25, -0.2) is 0 Å². The van der Waals surface area contributed by atoms with Crippen LogP contribution in [0.1, 0.15) is 78.1 Å². The zero-order valence-electron chi connectivity index (χ0n) is 15.2. The third-order valence-electron chi connectivity index (χ3n) is 9.04. The molecule has 0 radical (unpaired) electrons. The molecule has 1 heteroatoms. The number of carbonyl (C=O) groups excluding carboxylic acids is 1. The van der Waals surface area contributed by atoms with Crippen molar-refractivity contribution >= 4 is 5.78 Å². The largest absolute Gasteiger partial charge is 0.300 e. The first-order chi connectivity index (χ1) is 11.0. The summed E-state index contributed by atoms with van der Waals surface area (Å²) in [4.78, 5) is 12.3. The third-order valence-corrected chi connectivity index (χ3v) is 9.04. The van der Waals surface area contributed by atoms with Crippen LogP contribution in [0.15, 0.2) is 12.7 Å². The van der Waals surface area contributed by atoms with Crippen molar-refractivity contribution in [3.8, 4) is 0 Å². The van der Waals surface area contributed by atoms with E-state index < -0.39 is 0 Å². The zero-order valence-corrected chi connectivity index (χ0v) is 15.2. The predicted molar refractivity (Wildman–Crippen MR) is 95.0 cm³/mol. The molecule has 0 bridgehead atoms. The van der Waals surface area contributed by atoms with Crippen molar-refractivity contribution in [2.45, 2.75) is 78.1 Å². The molecule has 0 spiro atoms. The maximum Gasteiger partial charge on any atom is 0.133 e. The molecule has 0 amide bonds. The molecule has 1 nitrogen and oxygen atoms in total. The highest BCUT2D eigenvalue weighted by Crippen LogP contribution is 2.67. The van der Waals surface area contributed by atoms with Crippen LogP contribution < -0.4 is 0 Å². The third kappa shape index (κ3) is 2.07. The average Bonchev–Trinajstić information content (AvgIpc) is 2.94. The van der Waals surface area contributed by atoms with Crippen molar-refractivity contribution in [1.29, 1.82) is 0 Å². The molecule has 23 heavy (non-hydrogen) atoms. The second-order valence-corrected chi connectivity index (χ2v) is 9.50. The Balaban J connectivity index is 1.67. The Kier molecular flexibility index (Phi) is 3.78. The van der Waals surface area contributed by atoms with E-state index in [0.29, 0.717) is 11.2 Å². The molecule has 0 aromatic rings. The van der Waals surface area contributed by atoms with E-state index in [2.05, 4.69) is 19.6 Å². The molecule has 0 aromatic carbocycles. The molecule has 0 aliphatic heterocycles. The molecule has 0 heterocycles. The molecule has 4 saturated carbocycles. The van der Waals surface area contributed by atoms with Crippen LogP contribution in [0.25, 0.3) is 0 Å². The quantitative estimate of drug-likeness (QED) is 0.589. The van der Waals surface area contributed by atoms with E-state index in [1.807, 2.05) is 6.92 Å². The fraction of sp³-hybridized carbons (Fsp3) is 0.864. The molecule has 0 N–H and O–H groups in total. The fourth-order valence-corrected chi connectivity index (χ4v) is 8.00. The van der Waals surface area contributed by atoms with Crippen molar-refractivity contribution in [3.63, 3.8) is 0 Å². The van der Waals surface area contributed by atoms with Gasteiger partial charge in [0.1, 0.15) is 5.78 Å². The van der Waals surface area contributed by atoms with Crippen LogP contribution in [-0.2, 0) is 4.79 Å². The van der Waals surface area contributed by atoms with Gasteiger partial charge >= 0.3 is 0 Å². The second-order valence-electron chi connectivity index (χ2n) is 9.50. The summed E-state index contributed by atoms with van der Waals surface area (Å²) in [6.45, 7) is 8.69. The van der Waals surface area contributed by atoms with Crippen molar-refractivity contribution in [2.24, 2.45) is 40.4 Å². The van der Waals surface area contributed by atoms with Gasteiger partial charge in [-0.15, -0.1) is 6.58 Å². The summed E-state index contributed by atoms with van der Waals surface area (Å²) in [5.41, 5.74) is 0.744. The first-order valence-corrected chi connectivity index (χ1v) is 10.2. The van der Waals surface area contributed by atoms with Gasteiger partial charge in [-0.2, -0.15) is 0 Å². The lowest BCUT2D eigenvalue weighted by atomic mass is 9.44. The summed E-state index contributed by atoms with van der Waals surface area (Å²) in [7, 11) is 0. The smallest absolute Gasteiger partial charge is 0.133 e. The van der Waals surface area contributed by atoms with Crippen molar-refractivity contribution in [3.05, 3.63) is 12.7 Å². The Morgan fingerprint density at radius 2 is 1.83 bits per heavy atom. The Morgan fingerprint density at radius 1 is 1.00 bits per heavy atom.